The summed E-state index contributed by atoms with van der Waals surface area (Å²) in [5.74, 6) is 0. The molecule has 15 heavy (non-hydrogen) atoms. The third-order valence-corrected chi connectivity index (χ3v) is 3.53. The first-order chi connectivity index (χ1) is 7.22. The predicted molar refractivity (Wildman–Crippen MR) is 57.8 cm³/mol. The first kappa shape index (κ1) is 10.7. The monoisotopic (exact) mass is 212 g/mol. The number of carbonyl (C=O) groups is 1. The van der Waals surface area contributed by atoms with Gasteiger partial charge in [-0.3, -0.25) is 4.90 Å². The van der Waals surface area contributed by atoms with Crippen molar-refractivity contribution in [3.63, 3.8) is 0 Å². The highest BCUT2D eigenvalue weighted by atomic mass is 16.6. The number of amides is 1. The minimum absolute atomic E-state index is 0.139. The van der Waals surface area contributed by atoms with E-state index in [1.54, 1.807) is 0 Å². The Morgan fingerprint density at radius 1 is 1.33 bits per heavy atom. The summed E-state index contributed by atoms with van der Waals surface area (Å²) >= 11 is 0. The van der Waals surface area contributed by atoms with E-state index < -0.39 is 0 Å². The zero-order valence-corrected chi connectivity index (χ0v) is 9.66. The van der Waals surface area contributed by atoms with Crippen molar-refractivity contribution in [2.24, 2.45) is 0 Å². The molecule has 4 nitrogen and oxygen atoms in total. The lowest BCUT2D eigenvalue weighted by Gasteiger charge is -2.41. The molecule has 1 saturated heterocycles. The third kappa shape index (κ3) is 1.95. The van der Waals surface area contributed by atoms with Gasteiger partial charge in [0.05, 0.1) is 6.61 Å². The van der Waals surface area contributed by atoms with Crippen LogP contribution < -0.4 is 0 Å². The summed E-state index contributed by atoms with van der Waals surface area (Å²) in [6, 6.07) is 0. The van der Waals surface area contributed by atoms with Gasteiger partial charge in [0.1, 0.15) is 0 Å². The fourth-order valence-electron chi connectivity index (χ4n) is 2.50. The van der Waals surface area contributed by atoms with E-state index in [0.717, 1.165) is 26.2 Å². The lowest BCUT2D eigenvalue weighted by Crippen LogP contribution is -2.56. The van der Waals surface area contributed by atoms with Gasteiger partial charge in [0, 0.05) is 25.2 Å². The van der Waals surface area contributed by atoms with E-state index >= 15 is 0 Å². The van der Waals surface area contributed by atoms with Crippen LogP contribution in [-0.2, 0) is 4.74 Å². The lowest BCUT2D eigenvalue weighted by atomic mass is 10.1. The van der Waals surface area contributed by atoms with Gasteiger partial charge >= 0.3 is 6.09 Å². The molecule has 0 aromatic carbocycles. The van der Waals surface area contributed by atoms with E-state index in [-0.39, 0.29) is 6.09 Å². The second-order valence-electron chi connectivity index (χ2n) is 4.42. The molecule has 2 rings (SSSR count). The van der Waals surface area contributed by atoms with E-state index in [4.69, 9.17) is 4.74 Å². The van der Waals surface area contributed by atoms with Crippen LogP contribution in [0.25, 0.3) is 0 Å². The Labute approximate surface area is 91.2 Å². The summed E-state index contributed by atoms with van der Waals surface area (Å²) < 4.78 is 5.04. The van der Waals surface area contributed by atoms with E-state index in [9.17, 15) is 4.79 Å². The highest BCUT2D eigenvalue weighted by Gasteiger charge is 2.51. The van der Waals surface area contributed by atoms with Gasteiger partial charge in [0.2, 0.25) is 0 Å². The molecule has 0 aromatic rings. The maximum Gasteiger partial charge on any atom is 0.409 e. The van der Waals surface area contributed by atoms with Crippen molar-refractivity contribution >= 4 is 6.09 Å². The van der Waals surface area contributed by atoms with Crippen LogP contribution in [0.4, 0.5) is 4.79 Å². The maximum absolute atomic E-state index is 11.6. The zero-order valence-electron chi connectivity index (χ0n) is 9.66. The SMILES string of the molecule is CCOC(=O)N1CCN(CC)C2(CC2)C1. The zero-order chi connectivity index (χ0) is 10.9. The van der Waals surface area contributed by atoms with Gasteiger partial charge in [0.15, 0.2) is 0 Å². The average Bonchev–Trinajstić information content (AvgIpc) is 2.99. The normalized spacial score (nSPS) is 24.3. The van der Waals surface area contributed by atoms with Crippen LogP contribution in [0.5, 0.6) is 0 Å². The Morgan fingerprint density at radius 2 is 2.07 bits per heavy atom. The summed E-state index contributed by atoms with van der Waals surface area (Å²) in [5.41, 5.74) is 0.305. The van der Waals surface area contributed by atoms with E-state index in [1.165, 1.54) is 12.8 Å². The summed E-state index contributed by atoms with van der Waals surface area (Å²) in [6.45, 7) is 8.28. The Bertz CT molecular complexity index is 251. The first-order valence-corrected chi connectivity index (χ1v) is 5.88. The second kappa shape index (κ2) is 4.00. The quantitative estimate of drug-likeness (QED) is 0.692. The van der Waals surface area contributed by atoms with Gasteiger partial charge in [-0.2, -0.15) is 0 Å². The van der Waals surface area contributed by atoms with Crippen molar-refractivity contribution in [1.82, 2.24) is 9.80 Å². The van der Waals surface area contributed by atoms with E-state index in [2.05, 4.69) is 11.8 Å². The number of hydrogen-bond donors (Lipinski definition) is 0. The summed E-state index contributed by atoms with van der Waals surface area (Å²) in [5, 5.41) is 0. The van der Waals surface area contributed by atoms with Gasteiger partial charge in [-0.25, -0.2) is 4.79 Å². The highest BCUT2D eigenvalue weighted by Crippen LogP contribution is 2.43. The molecule has 0 bridgehead atoms. The Morgan fingerprint density at radius 3 is 2.60 bits per heavy atom. The molecule has 1 aliphatic carbocycles. The predicted octanol–water partition coefficient (Wildman–Crippen LogP) is 1.31. The second-order valence-corrected chi connectivity index (χ2v) is 4.42. The van der Waals surface area contributed by atoms with Crippen molar-refractivity contribution in [2.75, 3.05) is 32.8 Å². The van der Waals surface area contributed by atoms with Gasteiger partial charge in [-0.1, -0.05) is 6.92 Å². The molecular formula is C11H20N2O2. The van der Waals surface area contributed by atoms with Crippen molar-refractivity contribution in [2.45, 2.75) is 32.2 Å². The fraction of sp³-hybridized carbons (Fsp3) is 0.909. The van der Waals surface area contributed by atoms with E-state index in [0.29, 0.717) is 12.1 Å². The number of ether oxygens (including phenoxy) is 1. The number of carbonyl (C=O) groups excluding carboxylic acids is 1. The molecule has 0 atom stereocenters. The minimum atomic E-state index is -0.139. The van der Waals surface area contributed by atoms with Gasteiger partial charge < -0.3 is 9.64 Å². The maximum atomic E-state index is 11.6. The molecule has 1 spiro atoms. The molecule has 86 valence electrons. The molecule has 2 aliphatic rings. The van der Waals surface area contributed by atoms with Crippen LogP contribution in [0.3, 0.4) is 0 Å². The Balaban J connectivity index is 1.94. The van der Waals surface area contributed by atoms with Gasteiger partial charge in [-0.15, -0.1) is 0 Å². The van der Waals surface area contributed by atoms with Crippen molar-refractivity contribution < 1.29 is 9.53 Å². The van der Waals surface area contributed by atoms with Crippen LogP contribution in [0.15, 0.2) is 0 Å². The lowest BCUT2D eigenvalue weighted by molar-refractivity contribution is 0.0455. The minimum Gasteiger partial charge on any atom is -0.450 e. The number of hydrogen-bond acceptors (Lipinski definition) is 3. The number of nitrogens with zero attached hydrogens (tertiary/aromatic N) is 2. The van der Waals surface area contributed by atoms with Crippen molar-refractivity contribution in [3.8, 4) is 0 Å². The molecule has 0 unspecified atom stereocenters. The summed E-state index contributed by atoms with van der Waals surface area (Å²) in [4.78, 5) is 16.0. The third-order valence-electron chi connectivity index (χ3n) is 3.53. The molecule has 0 N–H and O–H groups in total. The van der Waals surface area contributed by atoms with Crippen LogP contribution in [0.1, 0.15) is 26.7 Å². The largest absolute Gasteiger partial charge is 0.450 e. The number of rotatable bonds is 2. The van der Waals surface area contributed by atoms with Crippen LogP contribution >= 0.6 is 0 Å². The number of likely N-dealkylation sites (N-methyl/N-ethyl adjacent to an activating group) is 1. The summed E-state index contributed by atoms with van der Waals surface area (Å²) in [6.07, 6.45) is 2.33. The number of piperazine rings is 1. The molecule has 1 aliphatic heterocycles. The Hall–Kier alpha value is -0.770. The van der Waals surface area contributed by atoms with Gasteiger partial charge in [0.25, 0.3) is 0 Å². The van der Waals surface area contributed by atoms with Crippen molar-refractivity contribution in [3.05, 3.63) is 0 Å². The fourth-order valence-corrected chi connectivity index (χ4v) is 2.50. The molecule has 1 saturated carbocycles. The topological polar surface area (TPSA) is 32.8 Å². The smallest absolute Gasteiger partial charge is 0.409 e. The molecule has 4 heteroatoms. The first-order valence-electron chi connectivity index (χ1n) is 5.88. The molecule has 0 aromatic heterocycles. The highest BCUT2D eigenvalue weighted by molar-refractivity contribution is 5.68. The van der Waals surface area contributed by atoms with E-state index in [1.807, 2.05) is 11.8 Å². The molecule has 1 heterocycles. The van der Waals surface area contributed by atoms with Crippen LogP contribution in [0, 0.1) is 0 Å². The average molecular weight is 212 g/mol. The molecule has 2 fully saturated rings. The Kier molecular flexibility index (Phi) is 2.87. The molecular weight excluding hydrogens is 192 g/mol. The standard InChI is InChI=1S/C11H20N2O2/c1-3-13-8-7-12(10(14)15-4-2)9-11(13)5-6-11/h3-9H2,1-2H3. The van der Waals surface area contributed by atoms with Crippen LogP contribution in [-0.4, -0.2) is 54.2 Å². The summed E-state index contributed by atoms with van der Waals surface area (Å²) in [7, 11) is 0. The van der Waals surface area contributed by atoms with Crippen LogP contribution in [0.2, 0.25) is 0 Å². The van der Waals surface area contributed by atoms with Crippen molar-refractivity contribution in [1.29, 1.82) is 0 Å². The molecule has 1 amide bonds. The van der Waals surface area contributed by atoms with Gasteiger partial charge in [-0.05, 0) is 26.3 Å². The molecule has 0 radical (unpaired) electrons.